The second-order valence-corrected chi connectivity index (χ2v) is 6.04. The molecule has 1 aromatic carbocycles. The Hall–Kier alpha value is -1.55. The van der Waals surface area contributed by atoms with Gasteiger partial charge in [-0.1, -0.05) is 30.3 Å². The van der Waals surface area contributed by atoms with Gasteiger partial charge in [-0.2, -0.15) is 0 Å². The molecule has 0 radical (unpaired) electrons. The molecule has 0 saturated heterocycles. The van der Waals surface area contributed by atoms with Gasteiger partial charge in [0.2, 0.25) is 0 Å². The molecule has 4 heteroatoms. The standard InChI is InChI=1S/C18H29N3O/c1-3-22-14-12-18(10-11-18)15-21-17(19-2)20-13-9-16-7-5-4-6-8-16/h4-8H,3,9-15H2,1-2H3,(H2,19,20,21). The number of nitrogens with zero attached hydrogens (tertiary/aromatic N) is 1. The summed E-state index contributed by atoms with van der Waals surface area (Å²) in [5, 5.41) is 6.86. The summed E-state index contributed by atoms with van der Waals surface area (Å²) < 4.78 is 5.48. The number of ether oxygens (including phenoxy) is 1. The largest absolute Gasteiger partial charge is 0.382 e. The zero-order valence-electron chi connectivity index (χ0n) is 13.9. The molecule has 1 saturated carbocycles. The molecule has 0 unspecified atom stereocenters. The van der Waals surface area contributed by atoms with Crippen molar-refractivity contribution < 1.29 is 4.74 Å². The van der Waals surface area contributed by atoms with Gasteiger partial charge in [0.05, 0.1) is 0 Å². The Bertz CT molecular complexity index is 455. The van der Waals surface area contributed by atoms with Gasteiger partial charge in [0.25, 0.3) is 0 Å². The van der Waals surface area contributed by atoms with E-state index in [0.717, 1.165) is 45.1 Å². The van der Waals surface area contributed by atoms with Crippen LogP contribution in [0.25, 0.3) is 0 Å². The van der Waals surface area contributed by atoms with Crippen molar-refractivity contribution in [3.63, 3.8) is 0 Å². The van der Waals surface area contributed by atoms with E-state index < -0.39 is 0 Å². The van der Waals surface area contributed by atoms with E-state index in [1.165, 1.54) is 18.4 Å². The average Bonchev–Trinajstić information content (AvgIpc) is 3.32. The van der Waals surface area contributed by atoms with Crippen LogP contribution in [0.15, 0.2) is 35.3 Å². The van der Waals surface area contributed by atoms with Crippen LogP contribution in [0.1, 0.15) is 31.7 Å². The first-order valence-corrected chi connectivity index (χ1v) is 8.34. The van der Waals surface area contributed by atoms with Crippen molar-refractivity contribution in [2.75, 3.05) is 33.4 Å². The second-order valence-electron chi connectivity index (χ2n) is 6.04. The zero-order chi connectivity index (χ0) is 15.7. The Morgan fingerprint density at radius 2 is 2.00 bits per heavy atom. The van der Waals surface area contributed by atoms with E-state index in [-0.39, 0.29) is 0 Å². The molecule has 1 aliphatic carbocycles. The number of aliphatic imine (C=N–C) groups is 1. The lowest BCUT2D eigenvalue weighted by atomic mass is 10.0. The van der Waals surface area contributed by atoms with E-state index in [1.807, 2.05) is 7.05 Å². The fourth-order valence-corrected chi connectivity index (χ4v) is 2.59. The fourth-order valence-electron chi connectivity index (χ4n) is 2.59. The summed E-state index contributed by atoms with van der Waals surface area (Å²) in [6.45, 7) is 5.63. The van der Waals surface area contributed by atoms with E-state index in [0.29, 0.717) is 5.41 Å². The second kappa shape index (κ2) is 8.79. The lowest BCUT2D eigenvalue weighted by molar-refractivity contribution is 0.128. The van der Waals surface area contributed by atoms with Crippen LogP contribution >= 0.6 is 0 Å². The molecule has 0 spiro atoms. The third kappa shape index (κ3) is 5.68. The summed E-state index contributed by atoms with van der Waals surface area (Å²) in [5.41, 5.74) is 1.78. The smallest absolute Gasteiger partial charge is 0.191 e. The minimum absolute atomic E-state index is 0.437. The molecule has 1 fully saturated rings. The minimum atomic E-state index is 0.437. The lowest BCUT2D eigenvalue weighted by Gasteiger charge is -2.18. The molecule has 1 aliphatic rings. The molecule has 0 bridgehead atoms. The van der Waals surface area contributed by atoms with Gasteiger partial charge in [-0.15, -0.1) is 0 Å². The van der Waals surface area contributed by atoms with Crippen LogP contribution in [-0.2, 0) is 11.2 Å². The van der Waals surface area contributed by atoms with Crippen molar-refractivity contribution in [3.8, 4) is 0 Å². The van der Waals surface area contributed by atoms with Crippen molar-refractivity contribution in [2.45, 2.75) is 32.6 Å². The first-order chi connectivity index (χ1) is 10.8. The van der Waals surface area contributed by atoms with Crippen LogP contribution in [0, 0.1) is 5.41 Å². The molecular formula is C18H29N3O. The Kier molecular flexibility index (Phi) is 6.72. The van der Waals surface area contributed by atoms with Gasteiger partial charge in [-0.3, -0.25) is 4.99 Å². The molecule has 22 heavy (non-hydrogen) atoms. The Morgan fingerprint density at radius 3 is 2.64 bits per heavy atom. The lowest BCUT2D eigenvalue weighted by Crippen LogP contribution is -2.41. The highest BCUT2D eigenvalue weighted by Crippen LogP contribution is 2.48. The molecule has 4 nitrogen and oxygen atoms in total. The average molecular weight is 303 g/mol. The molecule has 0 aromatic heterocycles. The highest BCUT2D eigenvalue weighted by Gasteiger charge is 2.41. The predicted molar refractivity (Wildman–Crippen MR) is 92.3 cm³/mol. The molecule has 2 rings (SSSR count). The monoisotopic (exact) mass is 303 g/mol. The van der Waals surface area contributed by atoms with Gasteiger partial charge in [0, 0.05) is 33.4 Å². The molecule has 122 valence electrons. The van der Waals surface area contributed by atoms with Crippen molar-refractivity contribution in [3.05, 3.63) is 35.9 Å². The van der Waals surface area contributed by atoms with Crippen LogP contribution in [0.5, 0.6) is 0 Å². The summed E-state index contributed by atoms with van der Waals surface area (Å²) in [6, 6.07) is 10.5. The Balaban J connectivity index is 1.65. The first-order valence-electron chi connectivity index (χ1n) is 8.34. The number of guanidine groups is 1. The maximum Gasteiger partial charge on any atom is 0.191 e. The third-order valence-electron chi connectivity index (χ3n) is 4.34. The topological polar surface area (TPSA) is 45.6 Å². The van der Waals surface area contributed by atoms with Crippen LogP contribution in [0.2, 0.25) is 0 Å². The Labute approximate surface area is 134 Å². The van der Waals surface area contributed by atoms with Gasteiger partial charge in [0.1, 0.15) is 0 Å². The molecular weight excluding hydrogens is 274 g/mol. The number of rotatable bonds is 9. The quantitative estimate of drug-likeness (QED) is 0.419. The first kappa shape index (κ1) is 16.8. The van der Waals surface area contributed by atoms with E-state index >= 15 is 0 Å². The molecule has 0 atom stereocenters. The fraction of sp³-hybridized carbons (Fsp3) is 0.611. The number of hydrogen-bond acceptors (Lipinski definition) is 2. The van der Waals surface area contributed by atoms with Gasteiger partial charge >= 0.3 is 0 Å². The van der Waals surface area contributed by atoms with E-state index in [2.05, 4.69) is 52.9 Å². The summed E-state index contributed by atoms with van der Waals surface area (Å²) in [4.78, 5) is 4.31. The van der Waals surface area contributed by atoms with Crippen LogP contribution in [0.3, 0.4) is 0 Å². The zero-order valence-corrected chi connectivity index (χ0v) is 13.9. The molecule has 1 aromatic rings. The third-order valence-corrected chi connectivity index (χ3v) is 4.34. The Morgan fingerprint density at radius 1 is 1.23 bits per heavy atom. The molecule has 0 heterocycles. The highest BCUT2D eigenvalue weighted by molar-refractivity contribution is 5.79. The maximum absolute atomic E-state index is 5.48. The predicted octanol–water partition coefficient (Wildman–Crippen LogP) is 2.60. The molecule has 2 N–H and O–H groups in total. The van der Waals surface area contributed by atoms with Crippen molar-refractivity contribution in [2.24, 2.45) is 10.4 Å². The number of hydrogen-bond donors (Lipinski definition) is 2. The van der Waals surface area contributed by atoms with E-state index in [1.54, 1.807) is 0 Å². The van der Waals surface area contributed by atoms with Crippen molar-refractivity contribution >= 4 is 5.96 Å². The van der Waals surface area contributed by atoms with Crippen LogP contribution in [0.4, 0.5) is 0 Å². The summed E-state index contributed by atoms with van der Waals surface area (Å²) >= 11 is 0. The summed E-state index contributed by atoms with van der Waals surface area (Å²) in [7, 11) is 1.83. The van der Waals surface area contributed by atoms with Gasteiger partial charge in [-0.05, 0) is 43.6 Å². The normalized spacial score (nSPS) is 16.4. The van der Waals surface area contributed by atoms with Crippen LogP contribution in [-0.4, -0.2) is 39.3 Å². The summed E-state index contributed by atoms with van der Waals surface area (Å²) in [5.74, 6) is 0.901. The maximum atomic E-state index is 5.48. The summed E-state index contributed by atoms with van der Waals surface area (Å²) in [6.07, 6.45) is 4.76. The molecule has 0 aliphatic heterocycles. The minimum Gasteiger partial charge on any atom is -0.382 e. The number of nitrogens with one attached hydrogen (secondary N) is 2. The van der Waals surface area contributed by atoms with Gasteiger partial charge in [0.15, 0.2) is 5.96 Å². The highest BCUT2D eigenvalue weighted by atomic mass is 16.5. The van der Waals surface area contributed by atoms with Crippen LogP contribution < -0.4 is 10.6 Å². The molecule has 0 amide bonds. The van der Waals surface area contributed by atoms with E-state index in [4.69, 9.17) is 4.74 Å². The van der Waals surface area contributed by atoms with Gasteiger partial charge < -0.3 is 15.4 Å². The van der Waals surface area contributed by atoms with E-state index in [9.17, 15) is 0 Å². The van der Waals surface area contributed by atoms with Gasteiger partial charge in [-0.25, -0.2) is 0 Å². The van der Waals surface area contributed by atoms with Crippen molar-refractivity contribution in [1.82, 2.24) is 10.6 Å². The van der Waals surface area contributed by atoms with Crippen molar-refractivity contribution in [1.29, 1.82) is 0 Å². The number of benzene rings is 1. The SMILES string of the molecule is CCOCCC1(CNC(=NC)NCCc2ccccc2)CC1.